The summed E-state index contributed by atoms with van der Waals surface area (Å²) in [6, 6.07) is 5.55. The van der Waals surface area contributed by atoms with E-state index in [4.69, 9.17) is 15.2 Å². The molecule has 0 fully saturated rings. The average Bonchev–Trinajstić information content (AvgIpc) is 2.16. The molecule has 0 atom stereocenters. The van der Waals surface area contributed by atoms with Gasteiger partial charge in [0.15, 0.2) is 0 Å². The van der Waals surface area contributed by atoms with Crippen LogP contribution in [0.25, 0.3) is 0 Å². The van der Waals surface area contributed by atoms with Crippen LogP contribution in [0.15, 0.2) is 22.7 Å². The first kappa shape index (κ1) is 13.3. The van der Waals surface area contributed by atoms with Gasteiger partial charge in [-0.15, -0.1) is 0 Å². The zero-order chi connectivity index (χ0) is 12.2. The van der Waals surface area contributed by atoms with Crippen LogP contribution < -0.4 is 10.5 Å². The van der Waals surface area contributed by atoms with Crippen LogP contribution in [0.2, 0.25) is 0 Å². The molecule has 0 heterocycles. The minimum absolute atomic E-state index is 0.133. The van der Waals surface area contributed by atoms with Crippen molar-refractivity contribution in [2.45, 2.75) is 26.4 Å². The summed E-state index contributed by atoms with van der Waals surface area (Å²) in [4.78, 5) is 0. The fourth-order valence-electron chi connectivity index (χ4n) is 1.13. The fourth-order valence-corrected chi connectivity index (χ4v) is 1.47. The van der Waals surface area contributed by atoms with Crippen LogP contribution in [0.3, 0.4) is 0 Å². The molecule has 2 N–H and O–H groups in total. The highest BCUT2D eigenvalue weighted by atomic mass is 79.9. The lowest BCUT2D eigenvalue weighted by Gasteiger charge is -2.19. The van der Waals surface area contributed by atoms with Crippen LogP contribution in [0, 0.1) is 0 Å². The van der Waals surface area contributed by atoms with Gasteiger partial charge in [-0.2, -0.15) is 0 Å². The molecule has 0 amide bonds. The number of nitrogens with two attached hydrogens (primary N) is 1. The third-order valence-corrected chi connectivity index (χ3v) is 2.34. The SMILES string of the molecule is CC(C)(C)OCCOc1cc(Br)ccc1N. The molecule has 0 aromatic heterocycles. The van der Waals surface area contributed by atoms with Gasteiger partial charge in [0.2, 0.25) is 0 Å². The Balaban J connectivity index is 2.40. The van der Waals surface area contributed by atoms with E-state index < -0.39 is 0 Å². The van der Waals surface area contributed by atoms with Gasteiger partial charge < -0.3 is 15.2 Å². The van der Waals surface area contributed by atoms with Crippen molar-refractivity contribution >= 4 is 21.6 Å². The Morgan fingerprint density at radius 1 is 1.25 bits per heavy atom. The van der Waals surface area contributed by atoms with Gasteiger partial charge >= 0.3 is 0 Å². The molecule has 0 unspecified atom stereocenters. The molecule has 1 aromatic carbocycles. The summed E-state index contributed by atoms with van der Waals surface area (Å²) in [6.45, 7) is 7.09. The number of ether oxygens (including phenoxy) is 2. The molecule has 0 radical (unpaired) electrons. The number of hydrogen-bond acceptors (Lipinski definition) is 3. The molecule has 0 spiro atoms. The van der Waals surface area contributed by atoms with Gasteiger partial charge in [0, 0.05) is 4.47 Å². The van der Waals surface area contributed by atoms with Crippen molar-refractivity contribution in [3.05, 3.63) is 22.7 Å². The Hall–Kier alpha value is -0.740. The van der Waals surface area contributed by atoms with Crippen LogP contribution in [0.5, 0.6) is 5.75 Å². The highest BCUT2D eigenvalue weighted by molar-refractivity contribution is 9.10. The van der Waals surface area contributed by atoms with Crippen LogP contribution in [-0.4, -0.2) is 18.8 Å². The third-order valence-electron chi connectivity index (χ3n) is 1.85. The Kier molecular flexibility index (Phi) is 4.62. The number of rotatable bonds is 4. The number of nitrogen functional groups attached to an aromatic ring is 1. The van der Waals surface area contributed by atoms with E-state index in [0.29, 0.717) is 24.7 Å². The molecule has 3 nitrogen and oxygen atoms in total. The van der Waals surface area contributed by atoms with E-state index in [9.17, 15) is 0 Å². The molecule has 0 aliphatic rings. The van der Waals surface area contributed by atoms with Gasteiger partial charge in [-0.3, -0.25) is 0 Å². The second kappa shape index (κ2) is 5.55. The summed E-state index contributed by atoms with van der Waals surface area (Å²) in [5.41, 5.74) is 6.28. The number of hydrogen-bond donors (Lipinski definition) is 1. The summed E-state index contributed by atoms with van der Waals surface area (Å²) in [5, 5.41) is 0. The summed E-state index contributed by atoms with van der Waals surface area (Å²) in [5.74, 6) is 0.687. The standard InChI is InChI=1S/C12H18BrNO2/c1-12(2,3)16-7-6-15-11-8-9(13)4-5-10(11)14/h4-5,8H,6-7,14H2,1-3H3. The predicted molar refractivity (Wildman–Crippen MR) is 69.8 cm³/mol. The summed E-state index contributed by atoms with van der Waals surface area (Å²) in [7, 11) is 0. The molecule has 0 aliphatic carbocycles. The lowest BCUT2D eigenvalue weighted by molar-refractivity contribution is -0.0162. The highest BCUT2D eigenvalue weighted by Gasteiger charge is 2.09. The zero-order valence-electron chi connectivity index (χ0n) is 9.92. The second-order valence-corrected chi connectivity index (χ2v) is 5.41. The summed E-state index contributed by atoms with van der Waals surface area (Å²) >= 11 is 3.37. The molecule has 0 aliphatic heterocycles. The van der Waals surface area contributed by atoms with E-state index in [1.807, 2.05) is 39.0 Å². The maximum absolute atomic E-state index is 5.77. The van der Waals surface area contributed by atoms with Crippen molar-refractivity contribution in [2.24, 2.45) is 0 Å². The van der Waals surface area contributed by atoms with Gasteiger partial charge in [-0.25, -0.2) is 0 Å². The molecule has 1 rings (SSSR count). The average molecular weight is 288 g/mol. The topological polar surface area (TPSA) is 44.5 Å². The summed E-state index contributed by atoms with van der Waals surface area (Å²) in [6.07, 6.45) is 0. The van der Waals surface area contributed by atoms with E-state index in [1.54, 1.807) is 0 Å². The van der Waals surface area contributed by atoms with Crippen LogP contribution in [0.1, 0.15) is 20.8 Å². The summed E-state index contributed by atoms with van der Waals surface area (Å²) < 4.78 is 12.0. The molecule has 90 valence electrons. The molecular formula is C12H18BrNO2. The number of halogens is 1. The van der Waals surface area contributed by atoms with E-state index in [1.165, 1.54) is 0 Å². The van der Waals surface area contributed by atoms with Crippen LogP contribution in [-0.2, 0) is 4.74 Å². The van der Waals surface area contributed by atoms with Crippen molar-refractivity contribution in [1.82, 2.24) is 0 Å². The first-order valence-electron chi connectivity index (χ1n) is 5.20. The Morgan fingerprint density at radius 2 is 1.94 bits per heavy atom. The second-order valence-electron chi connectivity index (χ2n) is 4.49. The molecular weight excluding hydrogens is 270 g/mol. The van der Waals surface area contributed by atoms with E-state index in [2.05, 4.69) is 15.9 Å². The van der Waals surface area contributed by atoms with Crippen LogP contribution in [0.4, 0.5) is 5.69 Å². The quantitative estimate of drug-likeness (QED) is 0.683. The Bertz CT molecular complexity index is 347. The fraction of sp³-hybridized carbons (Fsp3) is 0.500. The monoisotopic (exact) mass is 287 g/mol. The lowest BCUT2D eigenvalue weighted by Crippen LogP contribution is -2.22. The Morgan fingerprint density at radius 3 is 2.56 bits per heavy atom. The minimum Gasteiger partial charge on any atom is -0.489 e. The van der Waals surface area contributed by atoms with E-state index in [-0.39, 0.29) is 5.60 Å². The van der Waals surface area contributed by atoms with Crippen molar-refractivity contribution in [3.63, 3.8) is 0 Å². The van der Waals surface area contributed by atoms with E-state index >= 15 is 0 Å². The minimum atomic E-state index is -0.133. The maximum Gasteiger partial charge on any atom is 0.143 e. The molecule has 0 saturated carbocycles. The normalized spacial score (nSPS) is 11.5. The molecule has 4 heteroatoms. The molecule has 16 heavy (non-hydrogen) atoms. The van der Waals surface area contributed by atoms with Crippen molar-refractivity contribution in [3.8, 4) is 5.75 Å². The smallest absolute Gasteiger partial charge is 0.143 e. The zero-order valence-corrected chi connectivity index (χ0v) is 11.5. The van der Waals surface area contributed by atoms with Crippen LogP contribution >= 0.6 is 15.9 Å². The number of anilines is 1. The Labute approximate surface area is 105 Å². The third kappa shape index (κ3) is 4.86. The molecule has 0 bridgehead atoms. The lowest BCUT2D eigenvalue weighted by atomic mass is 10.2. The van der Waals surface area contributed by atoms with Gasteiger partial charge in [0.1, 0.15) is 12.4 Å². The van der Waals surface area contributed by atoms with Crippen molar-refractivity contribution in [1.29, 1.82) is 0 Å². The van der Waals surface area contributed by atoms with Gasteiger partial charge in [-0.05, 0) is 39.0 Å². The van der Waals surface area contributed by atoms with Gasteiger partial charge in [0.05, 0.1) is 17.9 Å². The maximum atomic E-state index is 5.77. The van der Waals surface area contributed by atoms with E-state index in [0.717, 1.165) is 4.47 Å². The predicted octanol–water partition coefficient (Wildman–Crippen LogP) is 3.23. The first-order valence-corrected chi connectivity index (χ1v) is 5.99. The largest absolute Gasteiger partial charge is 0.489 e. The first-order chi connectivity index (χ1) is 7.38. The molecule has 1 aromatic rings. The van der Waals surface area contributed by atoms with Crippen molar-refractivity contribution in [2.75, 3.05) is 18.9 Å². The van der Waals surface area contributed by atoms with Crippen molar-refractivity contribution < 1.29 is 9.47 Å². The molecule has 0 saturated heterocycles. The van der Waals surface area contributed by atoms with Gasteiger partial charge in [0.25, 0.3) is 0 Å². The van der Waals surface area contributed by atoms with Gasteiger partial charge in [-0.1, -0.05) is 15.9 Å². The number of benzene rings is 1. The highest BCUT2D eigenvalue weighted by Crippen LogP contribution is 2.25.